The largest absolute Gasteiger partial charge is 0.389 e. The van der Waals surface area contributed by atoms with Gasteiger partial charge in [0.2, 0.25) is 0 Å². The number of halogens is 3. The van der Waals surface area contributed by atoms with Crippen LogP contribution in [0.25, 0.3) is 0 Å². The summed E-state index contributed by atoms with van der Waals surface area (Å²) in [6.45, 7) is 0. The van der Waals surface area contributed by atoms with Gasteiger partial charge in [-0.05, 0) is 62.2 Å². The Hall–Kier alpha value is -0.430. The molecule has 0 radical (unpaired) electrons. The zero-order valence-corrected chi connectivity index (χ0v) is 15.2. The molecular weight excluding hydrogens is 456 g/mol. The second-order valence-corrected chi connectivity index (χ2v) is 6.84. The summed E-state index contributed by atoms with van der Waals surface area (Å²) < 4.78 is 2.84. The van der Waals surface area contributed by atoms with Crippen LogP contribution in [0.2, 0.25) is 0 Å². The van der Waals surface area contributed by atoms with Gasteiger partial charge in [-0.25, -0.2) is 0 Å². The molecule has 0 aliphatic heterocycles. The Morgan fingerprint density at radius 3 is 2.37 bits per heavy atom. The Kier molecular flexibility index (Phi) is 5.00. The molecule has 0 fully saturated rings. The Morgan fingerprint density at radius 1 is 1.00 bits per heavy atom. The van der Waals surface area contributed by atoms with Gasteiger partial charge in [-0.15, -0.1) is 0 Å². The molecule has 0 aliphatic carbocycles. The van der Waals surface area contributed by atoms with Gasteiger partial charge in [0.25, 0.3) is 0 Å². The van der Waals surface area contributed by atoms with Gasteiger partial charge in [0.15, 0.2) is 0 Å². The summed E-state index contributed by atoms with van der Waals surface area (Å²) in [4.78, 5) is 0.350. The average Bonchev–Trinajstić information content (AvgIpc) is 2.32. The van der Waals surface area contributed by atoms with Gasteiger partial charge in [-0.1, -0.05) is 34.2 Å². The molecular formula is C13H9Br3N2S. The van der Waals surface area contributed by atoms with Crippen LogP contribution in [0.1, 0.15) is 5.56 Å². The van der Waals surface area contributed by atoms with Crippen LogP contribution in [-0.4, -0.2) is 4.99 Å². The Bertz CT molecular complexity index is 644. The van der Waals surface area contributed by atoms with Crippen LogP contribution >= 0.6 is 60.0 Å². The third-order valence-corrected chi connectivity index (χ3v) is 4.47. The fourth-order valence-electron chi connectivity index (χ4n) is 1.61. The van der Waals surface area contributed by atoms with Crippen LogP contribution in [0.4, 0.5) is 11.4 Å². The average molecular weight is 465 g/mol. The van der Waals surface area contributed by atoms with Crippen molar-refractivity contribution in [2.24, 2.45) is 5.73 Å². The molecule has 0 bridgehead atoms. The highest BCUT2D eigenvalue weighted by molar-refractivity contribution is 9.11. The fourth-order valence-corrected chi connectivity index (χ4v) is 3.69. The zero-order valence-electron chi connectivity index (χ0n) is 9.58. The number of anilines is 2. The molecule has 0 saturated heterocycles. The van der Waals surface area contributed by atoms with Crippen molar-refractivity contribution >= 4 is 76.4 Å². The summed E-state index contributed by atoms with van der Waals surface area (Å²) in [5.74, 6) is 0. The summed E-state index contributed by atoms with van der Waals surface area (Å²) in [5, 5.41) is 3.32. The van der Waals surface area contributed by atoms with Crippen molar-refractivity contribution < 1.29 is 0 Å². The normalized spacial score (nSPS) is 10.3. The third kappa shape index (κ3) is 3.56. The lowest BCUT2D eigenvalue weighted by molar-refractivity contribution is 1.48. The molecule has 98 valence electrons. The van der Waals surface area contributed by atoms with E-state index in [0.717, 1.165) is 30.4 Å². The molecule has 2 nitrogen and oxygen atoms in total. The Balaban J connectivity index is 2.44. The summed E-state index contributed by atoms with van der Waals surface area (Å²) >= 11 is 15.5. The van der Waals surface area contributed by atoms with Gasteiger partial charge in [0.05, 0.1) is 5.69 Å². The van der Waals surface area contributed by atoms with Crippen LogP contribution < -0.4 is 11.1 Å². The number of rotatable bonds is 3. The predicted molar refractivity (Wildman–Crippen MR) is 95.2 cm³/mol. The van der Waals surface area contributed by atoms with Crippen LogP contribution in [-0.2, 0) is 0 Å². The van der Waals surface area contributed by atoms with Gasteiger partial charge >= 0.3 is 0 Å². The Morgan fingerprint density at radius 2 is 1.74 bits per heavy atom. The van der Waals surface area contributed by atoms with Crippen molar-refractivity contribution in [2.45, 2.75) is 0 Å². The minimum Gasteiger partial charge on any atom is -0.389 e. The molecule has 0 unspecified atom stereocenters. The molecule has 0 saturated carbocycles. The molecule has 2 aromatic rings. The Labute approximate surface area is 142 Å². The van der Waals surface area contributed by atoms with E-state index < -0.39 is 0 Å². The molecule has 3 N–H and O–H groups in total. The maximum atomic E-state index is 5.77. The van der Waals surface area contributed by atoms with E-state index >= 15 is 0 Å². The molecule has 0 atom stereocenters. The van der Waals surface area contributed by atoms with Crippen LogP contribution in [0.5, 0.6) is 0 Å². The van der Waals surface area contributed by atoms with Crippen molar-refractivity contribution in [3.05, 3.63) is 55.4 Å². The van der Waals surface area contributed by atoms with E-state index in [4.69, 9.17) is 18.0 Å². The molecule has 0 heterocycles. The second kappa shape index (κ2) is 6.35. The lowest BCUT2D eigenvalue weighted by atomic mass is 10.1. The predicted octanol–water partition coefficient (Wildman–Crippen LogP) is 5.35. The van der Waals surface area contributed by atoms with Gasteiger partial charge in [-0.3, -0.25) is 0 Å². The van der Waals surface area contributed by atoms with Crippen molar-refractivity contribution in [1.29, 1.82) is 0 Å². The molecule has 19 heavy (non-hydrogen) atoms. The minimum absolute atomic E-state index is 0.350. The summed E-state index contributed by atoms with van der Waals surface area (Å²) in [5.41, 5.74) is 8.38. The number of hydrogen-bond acceptors (Lipinski definition) is 2. The van der Waals surface area contributed by atoms with E-state index in [9.17, 15) is 0 Å². The van der Waals surface area contributed by atoms with E-state index in [1.165, 1.54) is 0 Å². The molecule has 2 rings (SSSR count). The highest BCUT2D eigenvalue weighted by Gasteiger charge is 2.10. The zero-order chi connectivity index (χ0) is 14.0. The van der Waals surface area contributed by atoms with Crippen molar-refractivity contribution in [2.75, 3.05) is 5.32 Å². The number of nitrogens with one attached hydrogen (secondary N) is 1. The SMILES string of the molecule is NC(=S)c1c(Br)cccc1Nc1ccc(Br)cc1Br. The monoisotopic (exact) mass is 462 g/mol. The first-order chi connectivity index (χ1) is 8.99. The molecule has 6 heteroatoms. The topological polar surface area (TPSA) is 38.0 Å². The van der Waals surface area contributed by atoms with Crippen molar-refractivity contribution in [3.63, 3.8) is 0 Å². The molecule has 0 amide bonds. The molecule has 2 aromatic carbocycles. The van der Waals surface area contributed by atoms with E-state index in [-0.39, 0.29) is 0 Å². The summed E-state index contributed by atoms with van der Waals surface area (Å²) in [7, 11) is 0. The van der Waals surface area contributed by atoms with E-state index in [1.807, 2.05) is 36.4 Å². The number of thiocarbonyl (C=S) groups is 1. The maximum Gasteiger partial charge on any atom is 0.107 e. The first kappa shape index (κ1) is 15.0. The van der Waals surface area contributed by atoms with Crippen LogP contribution in [0.15, 0.2) is 49.8 Å². The van der Waals surface area contributed by atoms with Crippen LogP contribution in [0, 0.1) is 0 Å². The van der Waals surface area contributed by atoms with Gasteiger partial charge in [0.1, 0.15) is 4.99 Å². The lowest BCUT2D eigenvalue weighted by Gasteiger charge is -2.14. The smallest absolute Gasteiger partial charge is 0.107 e. The molecule has 0 aliphatic rings. The van der Waals surface area contributed by atoms with Gasteiger partial charge < -0.3 is 11.1 Å². The minimum atomic E-state index is 0.350. The van der Waals surface area contributed by atoms with Gasteiger partial charge in [-0.2, -0.15) is 0 Å². The second-order valence-electron chi connectivity index (χ2n) is 3.78. The number of hydrogen-bond donors (Lipinski definition) is 2. The first-order valence-corrected chi connectivity index (χ1v) is 8.08. The summed E-state index contributed by atoms with van der Waals surface area (Å²) in [6, 6.07) is 11.7. The quantitative estimate of drug-likeness (QED) is 0.601. The fraction of sp³-hybridized carbons (Fsp3) is 0. The summed E-state index contributed by atoms with van der Waals surface area (Å²) in [6.07, 6.45) is 0. The van der Waals surface area contributed by atoms with Gasteiger partial charge in [0, 0.05) is 24.7 Å². The van der Waals surface area contributed by atoms with Crippen LogP contribution in [0.3, 0.4) is 0 Å². The van der Waals surface area contributed by atoms with Crippen molar-refractivity contribution in [3.8, 4) is 0 Å². The van der Waals surface area contributed by atoms with E-state index in [2.05, 4.69) is 53.1 Å². The third-order valence-electron chi connectivity index (χ3n) is 2.46. The molecule has 0 spiro atoms. The maximum absolute atomic E-state index is 5.77. The highest BCUT2D eigenvalue weighted by atomic mass is 79.9. The number of nitrogens with two attached hydrogens (primary N) is 1. The standard InChI is InChI=1S/C13H9Br3N2S/c14-7-4-5-10(9(16)6-7)18-11-3-1-2-8(15)12(11)13(17)19/h1-6,18H,(H2,17,19). The van der Waals surface area contributed by atoms with E-state index in [1.54, 1.807) is 0 Å². The lowest BCUT2D eigenvalue weighted by Crippen LogP contribution is -2.12. The highest BCUT2D eigenvalue weighted by Crippen LogP contribution is 2.32. The number of benzene rings is 2. The van der Waals surface area contributed by atoms with Crippen molar-refractivity contribution in [1.82, 2.24) is 0 Å². The molecule has 0 aromatic heterocycles. The van der Waals surface area contributed by atoms with E-state index in [0.29, 0.717) is 4.99 Å². The first-order valence-electron chi connectivity index (χ1n) is 5.29.